The number of amides is 1. The van der Waals surface area contributed by atoms with Gasteiger partial charge in [-0.1, -0.05) is 30.3 Å². The number of esters is 1. The van der Waals surface area contributed by atoms with E-state index < -0.39 is 5.54 Å². The molecule has 1 heterocycles. The lowest BCUT2D eigenvalue weighted by Gasteiger charge is -2.54. The maximum absolute atomic E-state index is 12.4. The normalized spacial score (nSPS) is 28.0. The second-order valence-electron chi connectivity index (χ2n) is 6.27. The number of carbonyl (C=O) groups is 2. The van der Waals surface area contributed by atoms with Gasteiger partial charge in [0.15, 0.2) is 0 Å². The van der Waals surface area contributed by atoms with E-state index in [1.807, 2.05) is 30.3 Å². The first-order valence-corrected chi connectivity index (χ1v) is 7.91. The minimum atomic E-state index is -0.978. The van der Waals surface area contributed by atoms with E-state index in [9.17, 15) is 9.59 Å². The summed E-state index contributed by atoms with van der Waals surface area (Å²) in [5.74, 6) is -0.433. The van der Waals surface area contributed by atoms with E-state index in [1.54, 1.807) is 4.90 Å². The molecule has 132 valence electrons. The number of rotatable bonds is 3. The maximum atomic E-state index is 12.4. The predicted molar refractivity (Wildman–Crippen MR) is 90.6 cm³/mol. The van der Waals surface area contributed by atoms with Crippen molar-refractivity contribution in [1.29, 1.82) is 0 Å². The molecule has 1 aromatic rings. The van der Waals surface area contributed by atoms with Crippen LogP contribution in [0.1, 0.15) is 24.8 Å². The van der Waals surface area contributed by atoms with Crippen molar-refractivity contribution in [3.8, 4) is 0 Å². The van der Waals surface area contributed by atoms with Crippen molar-refractivity contribution < 1.29 is 19.1 Å². The molecule has 0 bridgehead atoms. The van der Waals surface area contributed by atoms with Crippen molar-refractivity contribution in [3.63, 3.8) is 0 Å². The summed E-state index contributed by atoms with van der Waals surface area (Å²) >= 11 is 0. The molecule has 1 amide bonds. The second-order valence-corrected chi connectivity index (χ2v) is 6.27. The molecular weight excluding hydrogens is 332 g/mol. The molecule has 24 heavy (non-hydrogen) atoms. The number of carbonyl (C=O) groups excluding carboxylic acids is 2. The third-order valence-corrected chi connectivity index (χ3v) is 5.07. The molecule has 2 fully saturated rings. The summed E-state index contributed by atoms with van der Waals surface area (Å²) in [7, 11) is 1.35. The number of hydrogen-bond donors (Lipinski definition) is 1. The lowest BCUT2D eigenvalue weighted by atomic mass is 9.63. The number of hydrogen-bond acceptors (Lipinski definition) is 5. The van der Waals surface area contributed by atoms with Gasteiger partial charge in [-0.15, -0.1) is 12.4 Å². The third-order valence-electron chi connectivity index (χ3n) is 5.07. The summed E-state index contributed by atoms with van der Waals surface area (Å²) in [6.07, 6.45) is 1.75. The van der Waals surface area contributed by atoms with Gasteiger partial charge in [0.05, 0.1) is 7.11 Å². The maximum Gasteiger partial charge on any atom is 0.410 e. The lowest BCUT2D eigenvalue weighted by Crippen LogP contribution is -2.70. The van der Waals surface area contributed by atoms with Gasteiger partial charge in [-0.05, 0) is 24.8 Å². The van der Waals surface area contributed by atoms with E-state index in [0.717, 1.165) is 18.4 Å². The Balaban J connectivity index is 0.00000208. The molecule has 0 radical (unpaired) electrons. The topological polar surface area (TPSA) is 81.9 Å². The highest BCUT2D eigenvalue weighted by Crippen LogP contribution is 2.44. The molecular formula is C17H23ClN2O4. The smallest absolute Gasteiger partial charge is 0.410 e. The molecule has 1 aromatic carbocycles. The zero-order valence-electron chi connectivity index (χ0n) is 13.6. The number of likely N-dealkylation sites (tertiary alicyclic amines) is 1. The number of ether oxygens (including phenoxy) is 2. The summed E-state index contributed by atoms with van der Waals surface area (Å²) in [6.45, 7) is 0.665. The van der Waals surface area contributed by atoms with E-state index in [-0.39, 0.29) is 43.0 Å². The van der Waals surface area contributed by atoms with E-state index in [0.29, 0.717) is 13.0 Å². The SMILES string of the molecule is COC(=O)C1(N)CCN(C(=O)OCc2ccccc2)C2CCC21.Cl. The Morgan fingerprint density at radius 2 is 2.00 bits per heavy atom. The molecule has 3 atom stereocenters. The highest BCUT2D eigenvalue weighted by atomic mass is 35.5. The van der Waals surface area contributed by atoms with Gasteiger partial charge in [0.25, 0.3) is 0 Å². The molecule has 1 saturated heterocycles. The summed E-state index contributed by atoms with van der Waals surface area (Å²) in [5.41, 5.74) is 6.24. The van der Waals surface area contributed by atoms with Gasteiger partial charge < -0.3 is 20.1 Å². The van der Waals surface area contributed by atoms with E-state index in [2.05, 4.69) is 0 Å². The van der Waals surface area contributed by atoms with Crippen LogP contribution in [0.5, 0.6) is 0 Å². The van der Waals surface area contributed by atoms with Crippen LogP contribution in [-0.4, -0.2) is 42.2 Å². The molecule has 2 N–H and O–H groups in total. The van der Waals surface area contributed by atoms with E-state index in [4.69, 9.17) is 15.2 Å². The van der Waals surface area contributed by atoms with Crippen molar-refractivity contribution >= 4 is 24.5 Å². The molecule has 1 aliphatic heterocycles. The molecule has 1 saturated carbocycles. The number of piperidine rings is 1. The third kappa shape index (κ3) is 3.21. The quantitative estimate of drug-likeness (QED) is 0.840. The van der Waals surface area contributed by atoms with Crippen LogP contribution in [0.2, 0.25) is 0 Å². The van der Waals surface area contributed by atoms with Gasteiger partial charge in [-0.3, -0.25) is 4.79 Å². The first kappa shape index (κ1) is 18.5. The van der Waals surface area contributed by atoms with Crippen molar-refractivity contribution in [2.75, 3.05) is 13.7 Å². The number of nitrogens with zero attached hydrogens (tertiary/aromatic N) is 1. The molecule has 1 aliphatic carbocycles. The number of fused-ring (bicyclic) bond motifs is 1. The number of methoxy groups -OCH3 is 1. The van der Waals surface area contributed by atoms with Gasteiger partial charge in [-0.25, -0.2) is 4.79 Å². The Labute approximate surface area is 147 Å². The lowest BCUT2D eigenvalue weighted by molar-refractivity contribution is -0.157. The van der Waals surface area contributed by atoms with Gasteiger partial charge in [0, 0.05) is 18.5 Å². The monoisotopic (exact) mass is 354 g/mol. The van der Waals surface area contributed by atoms with Crippen LogP contribution in [0.25, 0.3) is 0 Å². The molecule has 7 heteroatoms. The average molecular weight is 355 g/mol. The van der Waals surface area contributed by atoms with Crippen LogP contribution in [0.15, 0.2) is 30.3 Å². The van der Waals surface area contributed by atoms with Crippen LogP contribution < -0.4 is 5.73 Å². The Kier molecular flexibility index (Phi) is 5.72. The fraction of sp³-hybridized carbons (Fsp3) is 0.529. The molecule has 0 spiro atoms. The summed E-state index contributed by atoms with van der Waals surface area (Å²) in [5, 5.41) is 0. The van der Waals surface area contributed by atoms with Crippen LogP contribution in [0.3, 0.4) is 0 Å². The zero-order chi connectivity index (χ0) is 16.4. The van der Waals surface area contributed by atoms with Crippen molar-refractivity contribution in [1.82, 2.24) is 4.90 Å². The molecule has 0 aromatic heterocycles. The van der Waals surface area contributed by atoms with E-state index in [1.165, 1.54) is 7.11 Å². The average Bonchev–Trinajstić information content (AvgIpc) is 2.54. The Hall–Kier alpha value is -1.79. The van der Waals surface area contributed by atoms with Gasteiger partial charge >= 0.3 is 12.1 Å². The van der Waals surface area contributed by atoms with Crippen molar-refractivity contribution in [2.24, 2.45) is 11.7 Å². The van der Waals surface area contributed by atoms with Crippen molar-refractivity contribution in [2.45, 2.75) is 37.5 Å². The Bertz CT molecular complexity index is 598. The van der Waals surface area contributed by atoms with Gasteiger partial charge in [0.1, 0.15) is 12.1 Å². The van der Waals surface area contributed by atoms with Gasteiger partial charge in [-0.2, -0.15) is 0 Å². The minimum Gasteiger partial charge on any atom is -0.468 e. The summed E-state index contributed by atoms with van der Waals surface area (Å²) < 4.78 is 10.3. The highest BCUT2D eigenvalue weighted by Gasteiger charge is 2.56. The number of benzene rings is 1. The molecule has 6 nitrogen and oxygen atoms in total. The number of nitrogens with two attached hydrogens (primary N) is 1. The minimum absolute atomic E-state index is 0. The molecule has 2 aliphatic rings. The zero-order valence-corrected chi connectivity index (χ0v) is 14.5. The summed E-state index contributed by atoms with van der Waals surface area (Å²) in [6, 6.07) is 9.53. The Morgan fingerprint density at radius 3 is 2.58 bits per heavy atom. The Morgan fingerprint density at radius 1 is 1.29 bits per heavy atom. The first-order chi connectivity index (χ1) is 11.1. The second kappa shape index (κ2) is 7.40. The van der Waals surface area contributed by atoms with Crippen LogP contribution in [0.4, 0.5) is 4.79 Å². The number of halogens is 1. The van der Waals surface area contributed by atoms with Crippen molar-refractivity contribution in [3.05, 3.63) is 35.9 Å². The summed E-state index contributed by atoms with van der Waals surface area (Å²) in [4.78, 5) is 26.1. The fourth-order valence-corrected chi connectivity index (χ4v) is 3.59. The predicted octanol–water partition coefficient (Wildman–Crippen LogP) is 2.10. The van der Waals surface area contributed by atoms with Crippen LogP contribution >= 0.6 is 12.4 Å². The first-order valence-electron chi connectivity index (χ1n) is 7.91. The van der Waals surface area contributed by atoms with E-state index >= 15 is 0 Å². The molecule has 3 rings (SSSR count). The fourth-order valence-electron chi connectivity index (χ4n) is 3.59. The standard InChI is InChI=1S/C17H22N2O4.ClH/c1-22-15(20)17(18)9-10-19(14-8-7-13(14)17)16(21)23-11-12-5-3-2-4-6-12;/h2-6,13-14H,7-11,18H2,1H3;1H. The van der Waals surface area contributed by atoms with Crippen LogP contribution in [0, 0.1) is 5.92 Å². The van der Waals surface area contributed by atoms with Gasteiger partial charge in [0.2, 0.25) is 0 Å². The highest BCUT2D eigenvalue weighted by molar-refractivity contribution is 5.85. The van der Waals surface area contributed by atoms with Crippen LogP contribution in [-0.2, 0) is 20.9 Å². The largest absolute Gasteiger partial charge is 0.468 e. The molecule has 3 unspecified atom stereocenters.